The molecule has 2 rings (SSSR count). The molecule has 8 heteroatoms. The molecule has 2 aromatic heterocycles. The molecule has 0 amide bonds. The smallest absolute Gasteiger partial charge is 0.225 e. The fraction of sp³-hybridized carbons (Fsp3) is 0.500. The Morgan fingerprint density at radius 3 is 2.46 bits per heavy atom. The van der Waals surface area contributed by atoms with Gasteiger partial charge >= 0.3 is 0 Å². The first kappa shape index (κ1) is 18.7. The van der Waals surface area contributed by atoms with Crippen molar-refractivity contribution >= 4 is 15.8 Å². The second kappa shape index (κ2) is 7.06. The first-order valence-electron chi connectivity index (χ1n) is 7.50. The number of halogens is 2. The molecule has 0 aliphatic rings. The van der Waals surface area contributed by atoms with Gasteiger partial charge in [0.25, 0.3) is 0 Å². The van der Waals surface area contributed by atoms with E-state index >= 15 is 0 Å². The van der Waals surface area contributed by atoms with Crippen LogP contribution in [0, 0.1) is 25.6 Å². The second-order valence-corrected chi connectivity index (χ2v) is 11.2. The first-order chi connectivity index (χ1) is 11.1. The Kier molecular flexibility index (Phi) is 5.49. The molecule has 0 atom stereocenters. The minimum absolute atomic E-state index is 0.190. The van der Waals surface area contributed by atoms with Crippen molar-refractivity contribution in [1.82, 2.24) is 14.8 Å². The first-order valence-corrected chi connectivity index (χ1v) is 10.5. The van der Waals surface area contributed by atoms with Crippen LogP contribution in [0.25, 0.3) is 11.1 Å². The van der Waals surface area contributed by atoms with Crippen molar-refractivity contribution in [1.29, 1.82) is 0 Å². The summed E-state index contributed by atoms with van der Waals surface area (Å²) in [6.45, 7) is 4.32. The number of pyridine rings is 1. The summed E-state index contributed by atoms with van der Waals surface area (Å²) in [5.41, 5.74) is 6.70. The number of nitrogen functional groups attached to an aromatic ring is 1. The molecule has 0 radical (unpaired) electrons. The molecule has 0 bridgehead atoms. The summed E-state index contributed by atoms with van der Waals surface area (Å²) in [5, 5.41) is 4.33. The van der Waals surface area contributed by atoms with Crippen molar-refractivity contribution in [2.75, 3.05) is 36.9 Å². The maximum absolute atomic E-state index is 14.2. The lowest BCUT2D eigenvalue weighted by Crippen LogP contribution is -2.11. The lowest BCUT2D eigenvalue weighted by Gasteiger charge is -2.24. The van der Waals surface area contributed by atoms with E-state index in [4.69, 9.17) is 10.5 Å². The number of hydrogen-bond acceptors (Lipinski definition) is 4. The van der Waals surface area contributed by atoms with Gasteiger partial charge in [-0.2, -0.15) is 9.49 Å². The van der Waals surface area contributed by atoms with Crippen LogP contribution in [0.15, 0.2) is 6.07 Å². The quantitative estimate of drug-likeness (QED) is 0.637. The molecule has 0 aliphatic carbocycles. The minimum atomic E-state index is -0.935. The van der Waals surface area contributed by atoms with Gasteiger partial charge in [-0.05, 0) is 32.6 Å². The van der Waals surface area contributed by atoms with Crippen molar-refractivity contribution in [2.45, 2.75) is 20.6 Å². The maximum Gasteiger partial charge on any atom is 0.225 e. The fourth-order valence-electron chi connectivity index (χ4n) is 2.37. The number of anilines is 1. The highest BCUT2D eigenvalue weighted by atomic mass is 32.3. The number of aryl methyl sites for hydroxylation is 1. The monoisotopic (exact) mass is 358 g/mol. The lowest BCUT2D eigenvalue weighted by molar-refractivity contribution is 0.0793. The molecule has 5 nitrogen and oxygen atoms in total. The summed E-state index contributed by atoms with van der Waals surface area (Å²) >= 11 is 0. The zero-order valence-electron chi connectivity index (χ0n) is 14.7. The van der Waals surface area contributed by atoms with Gasteiger partial charge in [-0.15, -0.1) is 0 Å². The molecule has 0 saturated carbocycles. The molecule has 0 fully saturated rings. The van der Waals surface area contributed by atoms with Crippen LogP contribution >= 0.6 is 10.0 Å². The van der Waals surface area contributed by atoms with Gasteiger partial charge in [-0.25, -0.2) is 24.1 Å². The Labute approximate surface area is 142 Å². The summed E-state index contributed by atoms with van der Waals surface area (Å²) in [7, 11) is -0.624. The average molecular weight is 358 g/mol. The zero-order chi connectivity index (χ0) is 18.1. The van der Waals surface area contributed by atoms with E-state index in [2.05, 4.69) is 28.8 Å². The van der Waals surface area contributed by atoms with E-state index in [1.54, 1.807) is 18.5 Å². The lowest BCUT2D eigenvalue weighted by atomic mass is 10.0. The highest BCUT2D eigenvalue weighted by Crippen LogP contribution is 2.34. The molecule has 2 N–H and O–H groups in total. The summed E-state index contributed by atoms with van der Waals surface area (Å²) in [6, 6.07) is 1.01. The summed E-state index contributed by atoms with van der Waals surface area (Å²) in [6.07, 6.45) is 6.66. The van der Waals surface area contributed by atoms with Crippen molar-refractivity contribution < 1.29 is 13.5 Å². The van der Waals surface area contributed by atoms with Gasteiger partial charge in [0.2, 0.25) is 5.95 Å². The molecule has 134 valence electrons. The van der Waals surface area contributed by atoms with Gasteiger partial charge in [-0.1, -0.05) is 0 Å². The average Bonchev–Trinajstić information content (AvgIpc) is 2.69. The Morgan fingerprint density at radius 2 is 1.88 bits per heavy atom. The molecular weight excluding hydrogens is 334 g/mol. The standard InChI is InChI=1S/C16H24F2N4OS/c1-10-14(15-12(17)8-13(19)20-16(15)18)11(2)22(21-10)9-23-6-7-24(3,4)5/h8H,6-7,9H2,1-5H3,(H2,19,20). The van der Waals surface area contributed by atoms with Crippen LogP contribution in [0.3, 0.4) is 0 Å². The number of aromatic nitrogens is 3. The van der Waals surface area contributed by atoms with Crippen LogP contribution in [0.1, 0.15) is 11.4 Å². The molecule has 0 aromatic carbocycles. The van der Waals surface area contributed by atoms with Crippen LogP contribution in [-0.4, -0.2) is 45.9 Å². The minimum Gasteiger partial charge on any atom is -0.384 e. The Hall–Kier alpha value is -1.67. The van der Waals surface area contributed by atoms with Gasteiger partial charge in [0.05, 0.1) is 17.9 Å². The SMILES string of the molecule is Cc1nn(COCCS(C)(C)C)c(C)c1-c1c(F)cc(N)nc1F. The van der Waals surface area contributed by atoms with Crippen LogP contribution in [0.5, 0.6) is 0 Å². The predicted octanol–water partition coefficient (Wildman–Crippen LogP) is 3.09. The number of ether oxygens (including phenoxy) is 1. The molecule has 0 saturated heterocycles. The van der Waals surface area contributed by atoms with E-state index < -0.39 is 21.8 Å². The van der Waals surface area contributed by atoms with E-state index in [-0.39, 0.29) is 18.1 Å². The second-order valence-electron chi connectivity index (χ2n) is 6.57. The number of hydrogen-bond donors (Lipinski definition) is 1. The van der Waals surface area contributed by atoms with Crippen LogP contribution in [0.4, 0.5) is 14.6 Å². The largest absolute Gasteiger partial charge is 0.384 e. The van der Waals surface area contributed by atoms with Crippen molar-refractivity contribution in [3.63, 3.8) is 0 Å². The molecule has 0 unspecified atom stereocenters. The third kappa shape index (κ3) is 4.24. The Balaban J connectivity index is 2.24. The molecule has 24 heavy (non-hydrogen) atoms. The molecule has 0 spiro atoms. The van der Waals surface area contributed by atoms with E-state index in [0.717, 1.165) is 11.8 Å². The van der Waals surface area contributed by atoms with Gasteiger partial charge < -0.3 is 10.5 Å². The predicted molar refractivity (Wildman–Crippen MR) is 95.4 cm³/mol. The Bertz CT molecular complexity index is 717. The van der Waals surface area contributed by atoms with Crippen LogP contribution < -0.4 is 5.73 Å². The molecule has 2 heterocycles. The fourth-order valence-corrected chi connectivity index (χ4v) is 2.99. The number of nitrogens with zero attached hydrogens (tertiary/aromatic N) is 3. The van der Waals surface area contributed by atoms with Gasteiger partial charge in [0, 0.05) is 23.1 Å². The number of rotatable bonds is 6. The van der Waals surface area contributed by atoms with E-state index in [1.165, 1.54) is 0 Å². The molecular formula is C16H24F2N4OS. The summed E-state index contributed by atoms with van der Waals surface area (Å²) in [5.74, 6) is -0.882. The zero-order valence-corrected chi connectivity index (χ0v) is 15.5. The third-order valence-corrected chi connectivity index (χ3v) is 5.02. The maximum atomic E-state index is 14.2. The van der Waals surface area contributed by atoms with Crippen molar-refractivity contribution in [3.05, 3.63) is 29.2 Å². The van der Waals surface area contributed by atoms with Gasteiger partial charge in [-0.3, -0.25) is 0 Å². The highest BCUT2D eigenvalue weighted by Gasteiger charge is 2.22. The van der Waals surface area contributed by atoms with E-state index in [9.17, 15) is 8.78 Å². The van der Waals surface area contributed by atoms with E-state index in [0.29, 0.717) is 23.6 Å². The third-order valence-electron chi connectivity index (χ3n) is 3.63. The summed E-state index contributed by atoms with van der Waals surface area (Å²) < 4.78 is 35.6. The normalized spacial score (nSPS) is 12.6. The van der Waals surface area contributed by atoms with E-state index in [1.807, 2.05) is 0 Å². The number of nitrogens with two attached hydrogens (primary N) is 1. The van der Waals surface area contributed by atoms with Gasteiger partial charge in [0.15, 0.2) is 0 Å². The van der Waals surface area contributed by atoms with Gasteiger partial charge in [0.1, 0.15) is 18.4 Å². The molecule has 2 aromatic rings. The summed E-state index contributed by atoms with van der Waals surface area (Å²) in [4.78, 5) is 3.51. The van der Waals surface area contributed by atoms with Crippen LogP contribution in [0.2, 0.25) is 0 Å². The van der Waals surface area contributed by atoms with Crippen LogP contribution in [-0.2, 0) is 11.5 Å². The highest BCUT2D eigenvalue weighted by molar-refractivity contribution is 8.32. The topological polar surface area (TPSA) is 66.0 Å². The van der Waals surface area contributed by atoms with Crippen molar-refractivity contribution in [3.8, 4) is 11.1 Å². The van der Waals surface area contributed by atoms with Crippen molar-refractivity contribution in [2.24, 2.45) is 0 Å². The molecule has 0 aliphatic heterocycles. The Morgan fingerprint density at radius 1 is 1.21 bits per heavy atom.